The Hall–Kier alpha value is -1.76. The lowest BCUT2D eigenvalue weighted by Gasteiger charge is -2.30. The summed E-state index contributed by atoms with van der Waals surface area (Å²) in [6.45, 7) is 3.42. The maximum atomic E-state index is 15.3. The zero-order valence-electron chi connectivity index (χ0n) is 16.6. The van der Waals surface area contributed by atoms with Gasteiger partial charge in [-0.25, -0.2) is 19.3 Å². The summed E-state index contributed by atoms with van der Waals surface area (Å²) in [4.78, 5) is 18.7. The number of halogens is 4. The smallest absolute Gasteiger partial charge is 0.228 e. The van der Waals surface area contributed by atoms with Crippen molar-refractivity contribution in [2.45, 2.75) is 12.0 Å². The lowest BCUT2D eigenvalue weighted by molar-refractivity contribution is 0.122. The lowest BCUT2D eigenvalue weighted by Crippen LogP contribution is -2.45. The quantitative estimate of drug-likeness (QED) is 0.470. The molecule has 5 N–H and O–H groups in total. The molecule has 2 saturated heterocycles. The van der Waals surface area contributed by atoms with Gasteiger partial charge in [0, 0.05) is 37.6 Å². The van der Waals surface area contributed by atoms with Crippen molar-refractivity contribution in [2.75, 3.05) is 62.0 Å². The van der Waals surface area contributed by atoms with Crippen molar-refractivity contribution in [2.24, 2.45) is 0 Å². The van der Waals surface area contributed by atoms with E-state index in [0.717, 1.165) is 6.54 Å². The second-order valence-corrected chi connectivity index (χ2v) is 6.95. The van der Waals surface area contributed by atoms with Crippen LogP contribution >= 0.6 is 37.2 Å². The van der Waals surface area contributed by atoms with E-state index in [0.29, 0.717) is 50.8 Å². The summed E-state index contributed by atoms with van der Waals surface area (Å²) in [6.07, 6.45) is 3.51. The molecule has 2 aliphatic heterocycles. The van der Waals surface area contributed by atoms with Gasteiger partial charge in [-0.05, 0) is 13.0 Å². The van der Waals surface area contributed by atoms with E-state index in [1.54, 1.807) is 0 Å². The summed E-state index contributed by atoms with van der Waals surface area (Å²) < 4.78 is 20.7. The van der Waals surface area contributed by atoms with Crippen LogP contribution in [0.15, 0.2) is 12.4 Å². The summed E-state index contributed by atoms with van der Waals surface area (Å²) in [5, 5.41) is 16.2. The molecule has 0 aliphatic carbocycles. The summed E-state index contributed by atoms with van der Waals surface area (Å²) in [5.41, 5.74) is 5.35. The van der Waals surface area contributed by atoms with Gasteiger partial charge in [0.05, 0.1) is 25.4 Å². The molecule has 2 aliphatic rings. The first-order valence-electron chi connectivity index (χ1n) is 9.18. The molecule has 0 spiro atoms. The lowest BCUT2D eigenvalue weighted by atomic mass is 10.00. The average molecular weight is 500 g/mol. The highest BCUT2D eigenvalue weighted by Gasteiger charge is 2.35. The largest absolute Gasteiger partial charge is 0.394 e. The highest BCUT2D eigenvalue weighted by Crippen LogP contribution is 2.30. The molecule has 0 saturated carbocycles. The van der Waals surface area contributed by atoms with E-state index >= 15 is 4.39 Å². The van der Waals surface area contributed by atoms with E-state index in [9.17, 15) is 5.11 Å². The zero-order valence-corrected chi connectivity index (χ0v) is 19.0. The van der Waals surface area contributed by atoms with Crippen molar-refractivity contribution >= 4 is 54.9 Å². The van der Waals surface area contributed by atoms with Gasteiger partial charge in [0.15, 0.2) is 11.6 Å². The number of anilines is 3. The second-order valence-electron chi connectivity index (χ2n) is 6.95. The van der Waals surface area contributed by atoms with Crippen LogP contribution in [-0.2, 0) is 4.74 Å². The fraction of sp³-hybridized carbons (Fsp3) is 0.529. The van der Waals surface area contributed by atoms with Crippen LogP contribution in [0.25, 0.3) is 11.3 Å². The van der Waals surface area contributed by atoms with Gasteiger partial charge in [0.25, 0.3) is 0 Å². The highest BCUT2D eigenvalue weighted by atomic mass is 35.5. The maximum absolute atomic E-state index is 15.3. The number of nitrogens with one attached hydrogen (secondary N) is 2. The van der Waals surface area contributed by atoms with Gasteiger partial charge in [0.2, 0.25) is 11.9 Å². The third kappa shape index (κ3) is 5.93. The molecule has 0 aromatic carbocycles. The number of nitrogen functional groups attached to an aromatic ring is 1. The zero-order chi connectivity index (χ0) is 19.6. The van der Waals surface area contributed by atoms with E-state index in [1.807, 2.05) is 4.90 Å². The number of morpholine rings is 1. The molecule has 31 heavy (non-hydrogen) atoms. The average Bonchev–Trinajstić information content (AvgIpc) is 3.20. The molecule has 4 rings (SSSR count). The minimum Gasteiger partial charge on any atom is -0.394 e. The normalized spacial score (nSPS) is 20.3. The van der Waals surface area contributed by atoms with Crippen molar-refractivity contribution in [3.05, 3.63) is 18.2 Å². The molecule has 2 fully saturated rings. The van der Waals surface area contributed by atoms with Gasteiger partial charge in [0.1, 0.15) is 5.69 Å². The maximum Gasteiger partial charge on any atom is 0.228 e. The van der Waals surface area contributed by atoms with Gasteiger partial charge in [-0.3, -0.25) is 0 Å². The molecule has 174 valence electrons. The molecule has 14 heteroatoms. The molecule has 4 heterocycles. The number of aromatic nitrogens is 4. The van der Waals surface area contributed by atoms with Crippen LogP contribution in [0.4, 0.5) is 22.1 Å². The molecule has 2 aromatic rings. The Kier molecular flexibility index (Phi) is 10.3. The van der Waals surface area contributed by atoms with Crippen LogP contribution in [0.2, 0.25) is 0 Å². The number of ether oxygens (including phenoxy) is 1. The van der Waals surface area contributed by atoms with Crippen molar-refractivity contribution in [3.63, 3.8) is 0 Å². The monoisotopic (exact) mass is 498 g/mol. The minimum atomic E-state index is -0.674. The third-order valence-corrected chi connectivity index (χ3v) is 5.01. The fourth-order valence-corrected chi connectivity index (χ4v) is 3.35. The van der Waals surface area contributed by atoms with Crippen LogP contribution in [0.5, 0.6) is 0 Å². The Balaban J connectivity index is 0.00000160. The SMILES string of the molecule is Cl.Cl.Cl.Nc1ncc(-c2nc(N3CCOCC3)nc(N[C@@]3(CO)CCNC3)c2F)cn1. The first kappa shape index (κ1) is 27.3. The molecular weight excluding hydrogens is 474 g/mol. The molecular formula is C17H26Cl3FN8O2. The van der Waals surface area contributed by atoms with Gasteiger partial charge in [-0.15, -0.1) is 37.2 Å². The van der Waals surface area contributed by atoms with E-state index in [1.165, 1.54) is 12.4 Å². The molecule has 1 atom stereocenters. The number of aliphatic hydroxyl groups is 1. The minimum absolute atomic E-state index is 0. The number of aliphatic hydroxyl groups excluding tert-OH is 1. The van der Waals surface area contributed by atoms with Crippen molar-refractivity contribution < 1.29 is 14.2 Å². The Bertz CT molecular complexity index is 837. The van der Waals surface area contributed by atoms with Crippen LogP contribution in [0.3, 0.4) is 0 Å². The highest BCUT2D eigenvalue weighted by molar-refractivity contribution is 5.86. The Labute approximate surface area is 197 Å². The van der Waals surface area contributed by atoms with E-state index in [-0.39, 0.29) is 61.3 Å². The molecule has 0 unspecified atom stereocenters. The predicted molar refractivity (Wildman–Crippen MR) is 123 cm³/mol. The summed E-state index contributed by atoms with van der Waals surface area (Å²) in [6, 6.07) is 0. The standard InChI is InChI=1S/C17H23FN8O2.3ClH/c18-12-13(11-7-21-15(19)22-8-11)23-16(26-3-5-28-6-4-26)24-14(12)25-17(10-27)1-2-20-9-17;;;/h7-8,20,27H,1-6,9-10H2,(H2,19,21,22)(H,23,24,25);3*1H/t17-;;;/m0.../s1. The predicted octanol–water partition coefficient (Wildman–Crippen LogP) is 0.893. The van der Waals surface area contributed by atoms with Gasteiger partial charge >= 0.3 is 0 Å². The Morgan fingerprint density at radius 1 is 1.19 bits per heavy atom. The van der Waals surface area contributed by atoms with Crippen LogP contribution < -0.4 is 21.3 Å². The van der Waals surface area contributed by atoms with E-state index in [4.69, 9.17) is 10.5 Å². The van der Waals surface area contributed by atoms with Crippen molar-refractivity contribution in [1.82, 2.24) is 25.3 Å². The summed E-state index contributed by atoms with van der Waals surface area (Å²) in [7, 11) is 0. The Morgan fingerprint density at radius 2 is 1.87 bits per heavy atom. The van der Waals surface area contributed by atoms with Gasteiger partial charge in [-0.1, -0.05) is 0 Å². The van der Waals surface area contributed by atoms with Crippen molar-refractivity contribution in [3.8, 4) is 11.3 Å². The molecule has 10 nitrogen and oxygen atoms in total. The second kappa shape index (κ2) is 11.7. The fourth-order valence-electron chi connectivity index (χ4n) is 3.35. The number of nitrogens with two attached hydrogens (primary N) is 1. The number of nitrogens with zero attached hydrogens (tertiary/aromatic N) is 5. The number of hydrogen-bond donors (Lipinski definition) is 4. The molecule has 0 radical (unpaired) electrons. The van der Waals surface area contributed by atoms with E-state index in [2.05, 4.69) is 30.6 Å². The topological polar surface area (TPSA) is 134 Å². The molecule has 2 aromatic heterocycles. The third-order valence-electron chi connectivity index (χ3n) is 5.01. The number of rotatable bonds is 5. The first-order valence-corrected chi connectivity index (χ1v) is 9.18. The first-order chi connectivity index (χ1) is 13.6. The van der Waals surface area contributed by atoms with Crippen LogP contribution in [0, 0.1) is 5.82 Å². The summed E-state index contributed by atoms with van der Waals surface area (Å²) in [5.74, 6) is -0.0922. The van der Waals surface area contributed by atoms with Gasteiger partial charge in [-0.2, -0.15) is 4.98 Å². The molecule has 0 amide bonds. The summed E-state index contributed by atoms with van der Waals surface area (Å²) >= 11 is 0. The van der Waals surface area contributed by atoms with E-state index < -0.39 is 11.4 Å². The van der Waals surface area contributed by atoms with Crippen LogP contribution in [-0.4, -0.2) is 76.6 Å². The molecule has 0 bridgehead atoms. The van der Waals surface area contributed by atoms with Crippen molar-refractivity contribution in [1.29, 1.82) is 0 Å². The van der Waals surface area contributed by atoms with Gasteiger partial charge < -0.3 is 31.1 Å². The number of hydrogen-bond acceptors (Lipinski definition) is 10. The Morgan fingerprint density at radius 3 is 2.45 bits per heavy atom. The van der Waals surface area contributed by atoms with Crippen LogP contribution in [0.1, 0.15) is 6.42 Å².